The van der Waals surface area contributed by atoms with E-state index in [2.05, 4.69) is 5.32 Å². The number of carboxylic acids is 1. The molecule has 0 radical (unpaired) electrons. The second kappa shape index (κ2) is 19.6. The summed E-state index contributed by atoms with van der Waals surface area (Å²) in [6.45, 7) is 14.7. The number of carboxylic acid groups (broad SMARTS) is 1. The number of aromatic nitrogens is 2. The molecule has 1 amide bonds. The van der Waals surface area contributed by atoms with E-state index in [0.29, 0.717) is 11.3 Å². The average Bonchev–Trinajstić information content (AvgIpc) is 3.79. The Labute approximate surface area is 391 Å². The van der Waals surface area contributed by atoms with E-state index >= 15 is 0 Å². The number of esters is 1. The Balaban J connectivity index is 0.000000608. The van der Waals surface area contributed by atoms with Gasteiger partial charge in [-0.2, -0.15) is 0 Å². The zero-order chi connectivity index (χ0) is 50.3. The van der Waals surface area contributed by atoms with Crippen molar-refractivity contribution in [2.45, 2.75) is 92.5 Å². The number of hydrogen-bond donors (Lipinski definition) is 8. The molecule has 4 bridgehead atoms. The van der Waals surface area contributed by atoms with Gasteiger partial charge in [0.25, 0.3) is 11.7 Å². The van der Waals surface area contributed by atoms with Gasteiger partial charge in [0.15, 0.2) is 5.75 Å². The molecule has 2 aromatic heterocycles. The van der Waals surface area contributed by atoms with E-state index in [9.17, 15) is 39.6 Å². The second-order valence-electron chi connectivity index (χ2n) is 17.7. The van der Waals surface area contributed by atoms with E-state index < -0.39 is 83.3 Å². The number of fused-ring (bicyclic) bond motifs is 2. The topological polar surface area (TPSA) is 282 Å². The van der Waals surface area contributed by atoms with Crippen molar-refractivity contribution >= 4 is 62.5 Å². The van der Waals surface area contributed by atoms with E-state index in [1.54, 1.807) is 63.4 Å². The number of phenolic OH excluding ortho intramolecular Hbond substituents is 2. The molecule has 0 spiro atoms. The summed E-state index contributed by atoms with van der Waals surface area (Å²) in [5, 5.41) is 66.8. The number of ketones is 1. The van der Waals surface area contributed by atoms with Crippen molar-refractivity contribution in [3.05, 3.63) is 94.9 Å². The number of anilines is 2. The summed E-state index contributed by atoms with van der Waals surface area (Å²) < 4.78 is 25.5. The van der Waals surface area contributed by atoms with E-state index in [4.69, 9.17) is 39.9 Å². The first kappa shape index (κ1) is 50.3. The molecule has 2 aliphatic heterocycles. The van der Waals surface area contributed by atoms with E-state index in [-0.39, 0.29) is 67.0 Å². The number of imidazole rings is 1. The lowest BCUT2D eigenvalue weighted by atomic mass is 9.78. The molecule has 68 heavy (non-hydrogen) atoms. The molecular formula is C50H58N4O14. The number of carbonyl (C=O) groups excluding carboxylic acids is 3. The summed E-state index contributed by atoms with van der Waals surface area (Å²) in [6.07, 6.45) is 5.62. The number of ether oxygens (including phenoxy) is 4. The lowest BCUT2D eigenvalue weighted by molar-refractivity contribution is -0.160. The van der Waals surface area contributed by atoms with Crippen molar-refractivity contribution in [3.8, 4) is 23.0 Å². The number of benzene rings is 3. The molecule has 0 fully saturated rings. The summed E-state index contributed by atoms with van der Waals surface area (Å²) in [6, 6.07) is 7.52. The number of aryl methyl sites for hydroxylation is 1. The van der Waals surface area contributed by atoms with Crippen molar-refractivity contribution in [2.24, 2.45) is 23.7 Å². The van der Waals surface area contributed by atoms with Crippen LogP contribution in [-0.2, 0) is 23.8 Å². The van der Waals surface area contributed by atoms with Crippen LogP contribution in [0.5, 0.6) is 23.0 Å². The van der Waals surface area contributed by atoms with Crippen LogP contribution in [0.25, 0.3) is 27.5 Å². The minimum absolute atomic E-state index is 0.0185. The molecule has 362 valence electrons. The summed E-state index contributed by atoms with van der Waals surface area (Å²) in [5.74, 6) is -8.42. The van der Waals surface area contributed by atoms with Gasteiger partial charge in [-0.15, -0.1) is 0 Å². The van der Waals surface area contributed by atoms with Crippen LogP contribution in [0, 0.1) is 37.5 Å². The van der Waals surface area contributed by atoms with Crippen molar-refractivity contribution < 1.29 is 68.8 Å². The number of carbonyl (C=O) groups is 4. The molecule has 0 saturated carbocycles. The van der Waals surface area contributed by atoms with Crippen LogP contribution in [0.1, 0.15) is 80.3 Å². The average molecular weight is 939 g/mol. The fraction of sp³-hybridized carbons (Fsp3) is 0.380. The molecule has 18 heteroatoms. The number of rotatable bonds is 3. The number of allylic oxidation sites excluding steroid dienone is 2. The quantitative estimate of drug-likeness (QED) is 0.0398. The molecule has 9 N–H and O–H groups in total. The number of aliphatic hydroxyl groups is 2. The number of amides is 1. The number of methoxy groups -OCH3 is 1. The first-order valence-corrected chi connectivity index (χ1v) is 21.9. The third kappa shape index (κ3) is 9.39. The lowest BCUT2D eigenvalue weighted by Gasteiger charge is -2.38. The Hall–Kier alpha value is -7.15. The van der Waals surface area contributed by atoms with Crippen LogP contribution in [0.3, 0.4) is 0 Å². The number of hydrogen-bond acceptors (Lipinski definition) is 15. The zero-order valence-corrected chi connectivity index (χ0v) is 39.4. The molecular weight excluding hydrogens is 881 g/mol. The van der Waals surface area contributed by atoms with Gasteiger partial charge in [0.2, 0.25) is 0 Å². The maximum absolute atomic E-state index is 14.6. The summed E-state index contributed by atoms with van der Waals surface area (Å²) in [7, 11) is 1.46. The van der Waals surface area contributed by atoms with Gasteiger partial charge in [0.1, 0.15) is 51.3 Å². The normalized spacial score (nSPS) is 27.4. The molecule has 18 nitrogen and oxygen atoms in total. The van der Waals surface area contributed by atoms with Crippen LogP contribution in [-0.4, -0.2) is 101 Å². The smallest absolute Gasteiger partial charge is 0.339 e. The number of nitrogens with two attached hydrogens (primary N) is 1. The van der Waals surface area contributed by atoms with Crippen molar-refractivity contribution in [1.82, 2.24) is 9.38 Å². The highest BCUT2D eigenvalue weighted by molar-refractivity contribution is 6.28. The molecule has 0 aliphatic carbocycles. The minimum atomic E-state index is -1.96. The largest absolute Gasteiger partial charge is 0.507 e. The Kier molecular flexibility index (Phi) is 14.5. The standard InChI is InChI=1S/C43H51N3O11.C7H7NO3/c1-19-14-16-46-28(18-19)44-32-29-30-37(50)25(7)40-31(29)41(52)43(9,57-40)55-17-15-27(54-10)22(4)39(56-26(8)47)24(6)36(49)23(5)35(48)20(2)12-11-13-21(3)42(53)45-33(34(32)46)38(30)51;8-4-1-2-6(9)5(3-4)7(10)11/h11-18,20,22-24,27,35-36,39,48-51H,1-10H3,(H,45,53);1-3,9H,8H2,(H,10,11)/b12-11+,17-15+,21-13-;/t20-,22+,23+,24+,27-,35-,36+,39+,43-;/m0./s1. The zero-order valence-electron chi connectivity index (χ0n) is 39.4. The van der Waals surface area contributed by atoms with E-state index in [0.717, 1.165) is 5.56 Å². The highest BCUT2D eigenvalue weighted by Gasteiger charge is 2.50. The predicted molar refractivity (Wildman–Crippen MR) is 253 cm³/mol. The summed E-state index contributed by atoms with van der Waals surface area (Å²) in [5.41, 5.74) is 7.62. The number of Topliss-reactive ketones (excluding diaryl/α,β-unsaturated/α-hetero) is 1. The highest BCUT2D eigenvalue weighted by atomic mass is 16.7. The van der Waals surface area contributed by atoms with Crippen LogP contribution in [0.4, 0.5) is 11.4 Å². The number of aromatic carboxylic acids is 1. The predicted octanol–water partition coefficient (Wildman–Crippen LogP) is 6.83. The van der Waals surface area contributed by atoms with Gasteiger partial charge in [-0.1, -0.05) is 45.9 Å². The highest BCUT2D eigenvalue weighted by Crippen LogP contribution is 2.54. The van der Waals surface area contributed by atoms with Gasteiger partial charge in [-0.25, -0.2) is 9.78 Å². The van der Waals surface area contributed by atoms with Crippen molar-refractivity contribution in [3.63, 3.8) is 0 Å². The first-order chi connectivity index (χ1) is 31.9. The molecule has 4 heterocycles. The van der Waals surface area contributed by atoms with Crippen molar-refractivity contribution in [1.29, 1.82) is 0 Å². The molecule has 7 rings (SSSR count). The minimum Gasteiger partial charge on any atom is -0.507 e. The molecule has 3 aromatic carbocycles. The molecule has 9 atom stereocenters. The Morgan fingerprint density at radius 3 is 2.25 bits per heavy atom. The van der Waals surface area contributed by atoms with E-state index in [1.165, 1.54) is 58.4 Å². The van der Waals surface area contributed by atoms with E-state index in [1.807, 2.05) is 19.1 Å². The fourth-order valence-corrected chi connectivity index (χ4v) is 8.75. The van der Waals surface area contributed by atoms with Gasteiger partial charge in [-0.3, -0.25) is 18.8 Å². The van der Waals surface area contributed by atoms with Crippen molar-refractivity contribution in [2.75, 3.05) is 18.2 Å². The fourth-order valence-electron chi connectivity index (χ4n) is 8.75. The molecule has 5 aromatic rings. The van der Waals surface area contributed by atoms with Crippen LogP contribution >= 0.6 is 0 Å². The lowest BCUT2D eigenvalue weighted by Crippen LogP contribution is -2.46. The number of nitrogens with zero attached hydrogens (tertiary/aromatic N) is 2. The molecule has 0 saturated heterocycles. The van der Waals surface area contributed by atoms with Gasteiger partial charge < -0.3 is 60.6 Å². The Bertz CT molecular complexity index is 2920. The maximum Gasteiger partial charge on any atom is 0.339 e. The maximum atomic E-state index is 14.6. The number of phenols is 3. The first-order valence-electron chi connectivity index (χ1n) is 21.9. The Morgan fingerprint density at radius 1 is 0.926 bits per heavy atom. The number of nitrogen functional groups attached to an aromatic ring is 1. The van der Waals surface area contributed by atoms with Gasteiger partial charge in [0, 0.05) is 73.0 Å². The molecule has 0 unspecified atom stereocenters. The molecule has 2 aliphatic rings. The number of pyridine rings is 1. The van der Waals surface area contributed by atoms with Crippen LogP contribution in [0.15, 0.2) is 72.7 Å². The Morgan fingerprint density at radius 2 is 1.62 bits per heavy atom. The second-order valence-corrected chi connectivity index (χ2v) is 17.7. The van der Waals surface area contributed by atoms with Crippen LogP contribution < -0.4 is 15.8 Å². The SMILES string of the molecule is CO[C@H]1/C=C/O[C@@]2(C)Oc3c(C)c(O)c4c(O)c(c5c(nc6cc(C)ccn65)c4c3C2=O)NC(=O)/C(C)=C\C=C\[C@H](C)[C@H](O)[C@@H](C)[C@@H](O)[C@@H](C)[C@H](OC(C)=O)[C@@H]1C.Nc1ccc(O)c(C(=O)O)c1. The number of nitrogens with one attached hydrogen (secondary N) is 1. The van der Waals surface area contributed by atoms with Crippen LogP contribution in [0.2, 0.25) is 0 Å². The van der Waals surface area contributed by atoms with Gasteiger partial charge in [-0.05, 0) is 62.7 Å². The number of aliphatic hydroxyl groups excluding tert-OH is 2. The monoisotopic (exact) mass is 938 g/mol. The summed E-state index contributed by atoms with van der Waals surface area (Å²) >= 11 is 0. The number of aromatic hydroxyl groups is 3. The van der Waals surface area contributed by atoms with Gasteiger partial charge >= 0.3 is 17.7 Å². The third-order valence-electron chi connectivity index (χ3n) is 12.8. The summed E-state index contributed by atoms with van der Waals surface area (Å²) in [4.78, 5) is 55.9. The third-order valence-corrected chi connectivity index (χ3v) is 12.8. The van der Waals surface area contributed by atoms with Gasteiger partial charge in [0.05, 0.1) is 35.5 Å².